The maximum atomic E-state index is 13.3. The van der Waals surface area contributed by atoms with Crippen LogP contribution in [0.15, 0.2) is 32.7 Å². The predicted octanol–water partition coefficient (Wildman–Crippen LogP) is 1.20. The number of benzene rings is 1. The van der Waals surface area contributed by atoms with Crippen molar-refractivity contribution in [3.8, 4) is 0 Å². The van der Waals surface area contributed by atoms with Gasteiger partial charge < -0.3 is 9.72 Å². The summed E-state index contributed by atoms with van der Waals surface area (Å²) in [7, 11) is -0.689. The molecule has 0 bridgehead atoms. The summed E-state index contributed by atoms with van der Waals surface area (Å²) < 4.78 is 34.8. The van der Waals surface area contributed by atoms with E-state index in [1.54, 1.807) is 7.11 Å². The average molecular weight is 407 g/mol. The maximum absolute atomic E-state index is 13.3. The van der Waals surface area contributed by atoms with Crippen LogP contribution < -0.4 is 11.2 Å². The van der Waals surface area contributed by atoms with Gasteiger partial charge in [-0.15, -0.1) is 0 Å². The number of nitrogens with zero attached hydrogens (tertiary/aromatic N) is 2. The van der Waals surface area contributed by atoms with Gasteiger partial charge in [-0.2, -0.15) is 4.31 Å². The SMILES string of the molecule is CO[C@@H]1CCC[C@]12CCCN(S(=O)(=O)c1ccc3[nH]c(=O)n(C)c(=O)c3c1)C2. The van der Waals surface area contributed by atoms with E-state index >= 15 is 0 Å². The van der Waals surface area contributed by atoms with E-state index in [2.05, 4.69) is 4.98 Å². The first-order valence-electron chi connectivity index (χ1n) is 9.54. The van der Waals surface area contributed by atoms with Gasteiger partial charge in [0.2, 0.25) is 10.0 Å². The van der Waals surface area contributed by atoms with Crippen LogP contribution in [0.5, 0.6) is 0 Å². The first-order valence-corrected chi connectivity index (χ1v) is 11.0. The Bertz CT molecular complexity index is 1140. The standard InChI is InChI=1S/C19H25N3O5S/c1-21-17(23)14-11-13(6-7-15(14)20-18(21)24)28(25,26)22-10-4-9-19(12-22)8-3-5-16(19)27-2/h6-7,11,16H,3-5,8-10,12H2,1-2H3,(H,20,24)/t16-,19-/m1/s1. The van der Waals surface area contributed by atoms with Crippen LogP contribution in [-0.4, -0.2) is 48.6 Å². The van der Waals surface area contributed by atoms with Gasteiger partial charge in [-0.25, -0.2) is 13.2 Å². The highest BCUT2D eigenvalue weighted by Crippen LogP contribution is 2.47. The fraction of sp³-hybridized carbons (Fsp3) is 0.579. The Morgan fingerprint density at radius 3 is 2.71 bits per heavy atom. The normalized spacial score (nSPS) is 26.3. The fourth-order valence-corrected chi connectivity index (χ4v) is 6.46. The van der Waals surface area contributed by atoms with Crippen molar-refractivity contribution in [2.24, 2.45) is 12.5 Å². The second-order valence-corrected chi connectivity index (χ2v) is 9.86. The molecule has 1 aliphatic heterocycles. The number of sulfonamides is 1. The molecule has 9 heteroatoms. The minimum Gasteiger partial charge on any atom is -0.381 e. The number of hydrogen-bond donors (Lipinski definition) is 1. The van der Waals surface area contributed by atoms with Crippen LogP contribution >= 0.6 is 0 Å². The van der Waals surface area contributed by atoms with Gasteiger partial charge >= 0.3 is 5.69 Å². The zero-order valence-corrected chi connectivity index (χ0v) is 16.9. The summed E-state index contributed by atoms with van der Waals surface area (Å²) in [5.74, 6) is 0. The minimum absolute atomic E-state index is 0.0770. The van der Waals surface area contributed by atoms with Gasteiger partial charge in [0, 0.05) is 32.7 Å². The summed E-state index contributed by atoms with van der Waals surface area (Å²) >= 11 is 0. The Labute approximate surface area is 163 Å². The third kappa shape index (κ3) is 2.92. The highest BCUT2D eigenvalue weighted by Gasteiger charge is 2.48. The van der Waals surface area contributed by atoms with Crippen LogP contribution in [0.3, 0.4) is 0 Å². The van der Waals surface area contributed by atoms with Crippen molar-refractivity contribution in [1.82, 2.24) is 13.9 Å². The number of hydrogen-bond acceptors (Lipinski definition) is 5. The third-order valence-corrected chi connectivity index (χ3v) is 8.23. The minimum atomic E-state index is -3.75. The molecule has 2 aromatic rings. The lowest BCUT2D eigenvalue weighted by atomic mass is 9.77. The van der Waals surface area contributed by atoms with Gasteiger partial charge in [0.05, 0.1) is 21.9 Å². The van der Waals surface area contributed by atoms with E-state index < -0.39 is 21.3 Å². The van der Waals surface area contributed by atoms with Gasteiger partial charge in [-0.1, -0.05) is 6.42 Å². The molecule has 8 nitrogen and oxygen atoms in total. The van der Waals surface area contributed by atoms with Crippen LogP contribution in [0, 0.1) is 5.41 Å². The first kappa shape index (κ1) is 19.4. The molecular formula is C19H25N3O5S. The van der Waals surface area contributed by atoms with Crippen LogP contribution in [0.25, 0.3) is 10.9 Å². The molecule has 1 saturated heterocycles. The topological polar surface area (TPSA) is 101 Å². The van der Waals surface area contributed by atoms with E-state index in [1.807, 2.05) is 0 Å². The molecule has 4 rings (SSSR count). The average Bonchev–Trinajstić information content (AvgIpc) is 3.07. The first-order chi connectivity index (χ1) is 13.3. The molecule has 2 atom stereocenters. The number of methoxy groups -OCH3 is 1. The smallest absolute Gasteiger partial charge is 0.328 e. The summed E-state index contributed by atoms with van der Waals surface area (Å²) in [6.45, 7) is 0.900. The third-order valence-electron chi connectivity index (χ3n) is 6.39. The number of fused-ring (bicyclic) bond motifs is 1. The molecular weight excluding hydrogens is 382 g/mol. The molecule has 1 aromatic heterocycles. The quantitative estimate of drug-likeness (QED) is 0.824. The van der Waals surface area contributed by atoms with Crippen molar-refractivity contribution < 1.29 is 13.2 Å². The zero-order valence-electron chi connectivity index (χ0n) is 16.1. The molecule has 0 radical (unpaired) electrons. The molecule has 2 heterocycles. The summed E-state index contributed by atoms with van der Waals surface area (Å²) in [6.07, 6.45) is 4.82. The molecule has 1 aliphatic carbocycles. The number of aromatic nitrogens is 2. The Morgan fingerprint density at radius 1 is 1.21 bits per heavy atom. The second kappa shape index (κ2) is 6.82. The van der Waals surface area contributed by atoms with Crippen molar-refractivity contribution >= 4 is 20.9 Å². The summed E-state index contributed by atoms with van der Waals surface area (Å²) in [5.41, 5.74) is -0.838. The highest BCUT2D eigenvalue weighted by molar-refractivity contribution is 7.89. The van der Waals surface area contributed by atoms with E-state index in [-0.39, 0.29) is 21.8 Å². The monoisotopic (exact) mass is 407 g/mol. The molecule has 1 spiro atoms. The van der Waals surface area contributed by atoms with Crippen molar-refractivity contribution in [2.45, 2.75) is 43.1 Å². The van der Waals surface area contributed by atoms with Gasteiger partial charge in [0.15, 0.2) is 0 Å². The van der Waals surface area contributed by atoms with Crippen LogP contribution in [-0.2, 0) is 21.8 Å². The van der Waals surface area contributed by atoms with Gasteiger partial charge in [0.25, 0.3) is 5.56 Å². The van der Waals surface area contributed by atoms with Crippen molar-refractivity contribution in [1.29, 1.82) is 0 Å². The number of nitrogens with one attached hydrogen (secondary N) is 1. The van der Waals surface area contributed by atoms with Crippen LogP contribution in [0.4, 0.5) is 0 Å². The number of ether oxygens (including phenoxy) is 1. The lowest BCUT2D eigenvalue weighted by Gasteiger charge is -2.43. The molecule has 152 valence electrons. The highest BCUT2D eigenvalue weighted by atomic mass is 32.2. The van der Waals surface area contributed by atoms with Gasteiger partial charge in [0.1, 0.15) is 0 Å². The molecule has 0 unspecified atom stereocenters. The number of piperidine rings is 1. The lowest BCUT2D eigenvalue weighted by molar-refractivity contribution is -0.0184. The molecule has 2 aliphatic rings. The van der Waals surface area contributed by atoms with Gasteiger partial charge in [-0.3, -0.25) is 9.36 Å². The summed E-state index contributed by atoms with van der Waals surface area (Å²) in [6, 6.07) is 4.31. The molecule has 0 amide bonds. The lowest BCUT2D eigenvalue weighted by Crippen LogP contribution is -2.49. The second-order valence-electron chi connectivity index (χ2n) is 7.92. The van der Waals surface area contributed by atoms with Crippen LogP contribution in [0.1, 0.15) is 32.1 Å². The van der Waals surface area contributed by atoms with Crippen molar-refractivity contribution in [2.75, 3.05) is 20.2 Å². The molecule has 28 heavy (non-hydrogen) atoms. The van der Waals surface area contributed by atoms with E-state index in [0.717, 1.165) is 36.7 Å². The van der Waals surface area contributed by atoms with Gasteiger partial charge in [-0.05, 0) is 43.9 Å². The maximum Gasteiger partial charge on any atom is 0.328 e. The van der Waals surface area contributed by atoms with Crippen LogP contribution in [0.2, 0.25) is 0 Å². The molecule has 1 saturated carbocycles. The Kier molecular flexibility index (Phi) is 4.71. The summed E-state index contributed by atoms with van der Waals surface area (Å²) in [4.78, 5) is 26.8. The Balaban J connectivity index is 1.74. The number of H-pyrrole nitrogens is 1. The predicted molar refractivity (Wildman–Crippen MR) is 105 cm³/mol. The molecule has 1 aromatic carbocycles. The fourth-order valence-electron chi connectivity index (χ4n) is 4.85. The van der Waals surface area contributed by atoms with E-state index in [0.29, 0.717) is 18.6 Å². The number of rotatable bonds is 3. The van der Waals surface area contributed by atoms with Crippen molar-refractivity contribution in [3.63, 3.8) is 0 Å². The molecule has 1 N–H and O–H groups in total. The van der Waals surface area contributed by atoms with E-state index in [9.17, 15) is 18.0 Å². The Morgan fingerprint density at radius 2 is 1.96 bits per heavy atom. The van der Waals surface area contributed by atoms with Crippen molar-refractivity contribution in [3.05, 3.63) is 39.0 Å². The summed E-state index contributed by atoms with van der Waals surface area (Å²) in [5, 5.41) is 0.186. The Hall–Kier alpha value is -1.97. The zero-order chi connectivity index (χ0) is 20.1. The van der Waals surface area contributed by atoms with E-state index in [4.69, 9.17) is 4.74 Å². The largest absolute Gasteiger partial charge is 0.381 e. The van der Waals surface area contributed by atoms with E-state index in [1.165, 1.54) is 29.6 Å². The molecule has 2 fully saturated rings. The number of aromatic amines is 1.